The van der Waals surface area contributed by atoms with E-state index in [9.17, 15) is 0 Å². The van der Waals surface area contributed by atoms with Crippen molar-refractivity contribution in [3.05, 3.63) is 76.4 Å². The summed E-state index contributed by atoms with van der Waals surface area (Å²) in [6.07, 6.45) is 16.5. The predicted octanol–water partition coefficient (Wildman–Crippen LogP) is 4.48. The molecule has 0 N–H and O–H groups in total. The molecule has 2 saturated carbocycles. The summed E-state index contributed by atoms with van der Waals surface area (Å²) in [6, 6.07) is 0. The molecule has 11 radical (unpaired) electrons. The molecule has 0 aromatic rings. The summed E-state index contributed by atoms with van der Waals surface area (Å²) in [5.74, 6) is 2.69. The molecule has 2 rings (SSSR count). The van der Waals surface area contributed by atoms with Crippen molar-refractivity contribution in [2.45, 2.75) is 33.5 Å². The monoisotopic (exact) mass is 366 g/mol. The van der Waals surface area contributed by atoms with Crippen molar-refractivity contribution >= 4 is 8.07 Å². The van der Waals surface area contributed by atoms with Crippen molar-refractivity contribution < 1.29 is 27.0 Å². The third-order valence-electron chi connectivity index (χ3n) is 1.66. The maximum Gasteiger partial charge on any atom is 0 e. The third-order valence-corrected chi connectivity index (χ3v) is 1.66. The Morgan fingerprint density at radius 1 is 0.800 bits per heavy atom. The minimum atomic E-state index is -0.861. The summed E-state index contributed by atoms with van der Waals surface area (Å²) in [5, 5.41) is 0. The molecule has 0 heterocycles. The van der Waals surface area contributed by atoms with Gasteiger partial charge in [-0.3, -0.25) is 0 Å². The molecule has 0 aromatic carbocycles. The van der Waals surface area contributed by atoms with Gasteiger partial charge in [0, 0.05) is 22.4 Å². The first-order valence-electron chi connectivity index (χ1n) is 6.21. The van der Waals surface area contributed by atoms with Gasteiger partial charge in [-0.15, -0.1) is 8.07 Å². The molecule has 0 aliphatic heterocycles. The SMILES string of the molecule is C[C]1[CH][CH][CH][CH]1.C[C]1[CH][CH][CH][CH]1.[C-]#[O+].[CH2-][Si](C)(C)C.[Nb]. The zero-order valence-corrected chi connectivity index (χ0v) is 16.4. The molecule has 0 bridgehead atoms. The topological polar surface area (TPSA) is 19.9 Å². The number of rotatable bonds is 0. The van der Waals surface area contributed by atoms with Crippen LogP contribution in [-0.2, 0) is 27.0 Å². The Labute approximate surface area is 144 Å². The summed E-state index contributed by atoms with van der Waals surface area (Å²) < 4.78 is 7.50. The Morgan fingerprint density at radius 2 is 0.950 bits per heavy atom. The van der Waals surface area contributed by atoms with Crippen LogP contribution in [0.5, 0.6) is 0 Å². The second-order valence-electron chi connectivity index (χ2n) is 5.49. The maximum atomic E-state index is 7.50. The van der Waals surface area contributed by atoms with Crippen LogP contribution in [-0.4, -0.2) is 8.07 Å². The first-order chi connectivity index (χ1) is 8.79. The summed E-state index contributed by atoms with van der Waals surface area (Å²) in [7, 11) is -0.861. The van der Waals surface area contributed by atoms with Gasteiger partial charge in [-0.2, -0.15) is 0 Å². The van der Waals surface area contributed by atoms with Crippen LogP contribution in [0.1, 0.15) is 13.8 Å². The van der Waals surface area contributed by atoms with Gasteiger partial charge in [0.2, 0.25) is 0 Å². The Kier molecular flexibility index (Phi) is 20.6. The molecule has 0 atom stereocenters. The van der Waals surface area contributed by atoms with Crippen molar-refractivity contribution in [1.82, 2.24) is 0 Å². The zero-order chi connectivity index (χ0) is 15.3. The minimum absolute atomic E-state index is 0. The average Bonchev–Trinajstić information content (AvgIpc) is 2.93. The average molecular weight is 366 g/mol. The summed E-state index contributed by atoms with van der Waals surface area (Å²) >= 11 is 0. The van der Waals surface area contributed by atoms with Gasteiger partial charge in [-0.05, 0) is 63.2 Å². The largest absolute Gasteiger partial charge is 0.342 e. The first kappa shape index (κ1) is 25.6. The van der Waals surface area contributed by atoms with E-state index in [1.165, 1.54) is 11.8 Å². The minimum Gasteiger partial charge on any atom is -0.342 e. The summed E-state index contributed by atoms with van der Waals surface area (Å²) in [5.41, 5.74) is 0. The third kappa shape index (κ3) is 27.1. The zero-order valence-electron chi connectivity index (χ0n) is 13.2. The van der Waals surface area contributed by atoms with Crippen LogP contribution in [0.25, 0.3) is 0 Å². The van der Waals surface area contributed by atoms with E-state index < -0.39 is 8.07 Å². The van der Waals surface area contributed by atoms with Gasteiger partial charge in [0.15, 0.2) is 0 Å². The van der Waals surface area contributed by atoms with Crippen LogP contribution >= 0.6 is 0 Å². The summed E-state index contributed by atoms with van der Waals surface area (Å²) in [4.78, 5) is 0. The van der Waals surface area contributed by atoms with Crippen LogP contribution in [0.3, 0.4) is 0 Å². The van der Waals surface area contributed by atoms with Gasteiger partial charge < -0.3 is 6.55 Å². The smallest absolute Gasteiger partial charge is 0 e. The normalized spacial score (nSPS) is 18.4. The summed E-state index contributed by atoms with van der Waals surface area (Å²) in [6.45, 7) is 19.2. The number of hydrogen-bond acceptors (Lipinski definition) is 0. The van der Waals surface area contributed by atoms with Gasteiger partial charge >= 0.3 is 11.3 Å². The van der Waals surface area contributed by atoms with E-state index in [0.29, 0.717) is 0 Å². The molecule has 3 heteroatoms. The van der Waals surface area contributed by atoms with Gasteiger partial charge in [0.05, 0.1) is 0 Å². The molecule has 2 aliphatic rings. The van der Waals surface area contributed by atoms with E-state index >= 15 is 0 Å². The standard InChI is InChI=1S/2C6H7.C4H11Si.CO.Nb/c2*1-6-4-2-3-5-6;1-5(2,3)4;1-2;/h2*2-5H,1H3;1H2,2-4H3;;/q;;-1;;. The van der Waals surface area contributed by atoms with Crippen molar-refractivity contribution in [3.63, 3.8) is 0 Å². The Balaban J connectivity index is -0.000000200. The molecule has 20 heavy (non-hydrogen) atoms. The van der Waals surface area contributed by atoms with Crippen LogP contribution in [0.4, 0.5) is 0 Å². The molecule has 0 saturated heterocycles. The quantitative estimate of drug-likeness (QED) is 0.342. The Morgan fingerprint density at radius 3 is 1.00 bits per heavy atom. The van der Waals surface area contributed by atoms with Crippen LogP contribution in [0.15, 0.2) is 0 Å². The second-order valence-corrected chi connectivity index (χ2v) is 10.6. The second kappa shape index (κ2) is 16.1. The number of hydrogen-bond donors (Lipinski definition) is 0. The Hall–Kier alpha value is 0.697. The molecule has 0 amide bonds. The van der Waals surface area contributed by atoms with E-state index in [2.05, 4.69) is 72.4 Å². The first-order valence-corrected chi connectivity index (χ1v) is 9.92. The molecule has 0 aromatic heterocycles. The van der Waals surface area contributed by atoms with Gasteiger partial charge in [0.25, 0.3) is 0 Å². The molecule has 0 unspecified atom stereocenters. The van der Waals surface area contributed by atoms with Crippen LogP contribution < -0.4 is 0 Å². The van der Waals surface area contributed by atoms with Crippen molar-refractivity contribution in [2.24, 2.45) is 0 Å². The maximum absolute atomic E-state index is 7.50. The van der Waals surface area contributed by atoms with Crippen molar-refractivity contribution in [3.8, 4) is 0 Å². The van der Waals surface area contributed by atoms with Crippen LogP contribution in [0.2, 0.25) is 19.6 Å². The molecule has 109 valence electrons. The molecule has 0 spiro atoms. The van der Waals surface area contributed by atoms with Gasteiger partial charge in [-0.1, -0.05) is 33.5 Å². The van der Waals surface area contributed by atoms with Crippen LogP contribution in [0, 0.1) is 76.4 Å². The van der Waals surface area contributed by atoms with E-state index in [-0.39, 0.29) is 22.4 Å². The van der Waals surface area contributed by atoms with Crippen molar-refractivity contribution in [2.75, 3.05) is 0 Å². The fourth-order valence-electron chi connectivity index (χ4n) is 0.940. The van der Waals surface area contributed by atoms with Gasteiger partial charge in [0.1, 0.15) is 0 Å². The molecule has 1 nitrogen and oxygen atoms in total. The van der Waals surface area contributed by atoms with Crippen molar-refractivity contribution in [1.29, 1.82) is 0 Å². The fraction of sp³-hybridized carbons (Fsp3) is 0.294. The molecule has 2 fully saturated rings. The molecular formula is C17H25NbOSi-. The van der Waals surface area contributed by atoms with Gasteiger partial charge in [-0.25, -0.2) is 0 Å². The predicted molar refractivity (Wildman–Crippen MR) is 84.9 cm³/mol. The molecule has 2 aliphatic carbocycles. The van der Waals surface area contributed by atoms with E-state index in [0.717, 1.165) is 0 Å². The Bertz CT molecular complexity index is 179. The van der Waals surface area contributed by atoms with E-state index in [1.54, 1.807) is 0 Å². The fourth-order valence-corrected chi connectivity index (χ4v) is 0.940. The molecular weight excluding hydrogens is 341 g/mol. The van der Waals surface area contributed by atoms with E-state index in [1.807, 2.05) is 25.7 Å². The van der Waals surface area contributed by atoms with E-state index in [4.69, 9.17) is 4.65 Å².